The predicted molar refractivity (Wildman–Crippen MR) is 66.4 cm³/mol. The summed E-state index contributed by atoms with van der Waals surface area (Å²) in [6, 6.07) is 9.07. The number of furan rings is 1. The van der Waals surface area contributed by atoms with Gasteiger partial charge in [0.1, 0.15) is 17.1 Å². The van der Waals surface area contributed by atoms with Crippen LogP contribution in [0.4, 0.5) is 4.39 Å². The normalized spacial score (nSPS) is 10.8. The highest BCUT2D eigenvalue weighted by Gasteiger charge is 2.11. The van der Waals surface area contributed by atoms with E-state index in [1.54, 1.807) is 18.2 Å². The number of benzene rings is 1. The number of aromatic carboxylic acids is 1. The number of pyridine rings is 1. The molecule has 1 N–H and O–H groups in total. The van der Waals surface area contributed by atoms with Crippen molar-refractivity contribution in [2.24, 2.45) is 0 Å². The Balaban J connectivity index is 2.09. The zero-order valence-electron chi connectivity index (χ0n) is 9.63. The molecule has 0 unspecified atom stereocenters. The van der Waals surface area contributed by atoms with Crippen LogP contribution in [0.25, 0.3) is 22.4 Å². The van der Waals surface area contributed by atoms with Crippen molar-refractivity contribution >= 4 is 16.9 Å². The van der Waals surface area contributed by atoms with Crippen molar-refractivity contribution in [2.75, 3.05) is 0 Å². The van der Waals surface area contributed by atoms with Gasteiger partial charge in [-0.1, -0.05) is 6.07 Å². The first-order valence-electron chi connectivity index (χ1n) is 5.53. The smallest absolute Gasteiger partial charge is 0.337 e. The van der Waals surface area contributed by atoms with Gasteiger partial charge >= 0.3 is 5.97 Å². The number of carboxylic acid groups (broad SMARTS) is 1. The second-order valence-electron chi connectivity index (χ2n) is 4.00. The number of halogens is 1. The van der Waals surface area contributed by atoms with Gasteiger partial charge in [0.05, 0.1) is 10.9 Å². The summed E-state index contributed by atoms with van der Waals surface area (Å²) in [5, 5.41) is 9.16. The molecule has 3 aromatic rings. The van der Waals surface area contributed by atoms with Crippen molar-refractivity contribution in [2.45, 2.75) is 0 Å². The average molecular weight is 257 g/mol. The largest absolute Gasteiger partial charge is 0.478 e. The number of rotatable bonds is 2. The molecule has 4 nitrogen and oxygen atoms in total. The lowest BCUT2D eigenvalue weighted by Crippen LogP contribution is -1.96. The summed E-state index contributed by atoms with van der Waals surface area (Å²) in [5.41, 5.74) is 0.978. The molecule has 0 fully saturated rings. The molecule has 94 valence electrons. The molecule has 19 heavy (non-hydrogen) atoms. The first kappa shape index (κ1) is 11.4. The highest BCUT2D eigenvalue weighted by Crippen LogP contribution is 2.28. The Morgan fingerprint density at radius 1 is 1.26 bits per heavy atom. The zero-order chi connectivity index (χ0) is 13.4. The van der Waals surface area contributed by atoms with Gasteiger partial charge in [0.15, 0.2) is 5.76 Å². The first-order valence-corrected chi connectivity index (χ1v) is 5.53. The molecule has 1 aromatic carbocycles. The van der Waals surface area contributed by atoms with E-state index in [1.165, 1.54) is 24.4 Å². The lowest BCUT2D eigenvalue weighted by molar-refractivity contribution is 0.0696. The van der Waals surface area contributed by atoms with E-state index in [4.69, 9.17) is 9.52 Å². The van der Waals surface area contributed by atoms with Crippen molar-refractivity contribution < 1.29 is 18.7 Å². The summed E-state index contributed by atoms with van der Waals surface area (Å²) in [7, 11) is 0. The molecule has 0 spiro atoms. The summed E-state index contributed by atoms with van der Waals surface area (Å²) in [6.07, 6.45) is 1.24. The minimum absolute atomic E-state index is 0.0889. The fourth-order valence-electron chi connectivity index (χ4n) is 1.82. The van der Waals surface area contributed by atoms with Gasteiger partial charge in [-0.2, -0.15) is 0 Å². The summed E-state index contributed by atoms with van der Waals surface area (Å²) in [4.78, 5) is 14.7. The van der Waals surface area contributed by atoms with E-state index in [0.717, 1.165) is 0 Å². The lowest BCUT2D eigenvalue weighted by Gasteiger charge is -1.96. The molecule has 0 saturated heterocycles. The Kier molecular flexibility index (Phi) is 2.52. The van der Waals surface area contributed by atoms with Crippen molar-refractivity contribution in [3.8, 4) is 11.5 Å². The Morgan fingerprint density at radius 2 is 2.11 bits per heavy atom. The third kappa shape index (κ3) is 1.95. The summed E-state index contributed by atoms with van der Waals surface area (Å²) in [5.74, 6) is -1.01. The van der Waals surface area contributed by atoms with Gasteiger partial charge in [0, 0.05) is 6.20 Å². The number of aromatic nitrogens is 1. The van der Waals surface area contributed by atoms with Crippen molar-refractivity contribution in [3.05, 3.63) is 54.0 Å². The van der Waals surface area contributed by atoms with Crippen LogP contribution in [0, 0.1) is 5.82 Å². The molecular weight excluding hydrogens is 249 g/mol. The van der Waals surface area contributed by atoms with E-state index < -0.39 is 5.97 Å². The quantitative estimate of drug-likeness (QED) is 0.764. The first-order chi connectivity index (χ1) is 9.15. The van der Waals surface area contributed by atoms with Crippen molar-refractivity contribution in [3.63, 3.8) is 0 Å². The number of nitrogens with zero attached hydrogens (tertiary/aromatic N) is 1. The van der Waals surface area contributed by atoms with E-state index in [-0.39, 0.29) is 11.4 Å². The second-order valence-corrected chi connectivity index (χ2v) is 4.00. The Morgan fingerprint density at radius 3 is 2.74 bits per heavy atom. The van der Waals surface area contributed by atoms with Crippen LogP contribution in [0.1, 0.15) is 10.4 Å². The minimum Gasteiger partial charge on any atom is -0.478 e. The number of hydrogen-bond acceptors (Lipinski definition) is 3. The number of hydrogen-bond donors (Lipinski definition) is 1. The molecule has 0 aliphatic rings. The number of carbonyl (C=O) groups is 1. The molecule has 0 atom stereocenters. The Bertz CT molecular complexity index is 762. The monoisotopic (exact) mass is 257 g/mol. The van der Waals surface area contributed by atoms with Crippen LogP contribution in [0.2, 0.25) is 0 Å². The van der Waals surface area contributed by atoms with Crippen molar-refractivity contribution in [1.29, 1.82) is 0 Å². The van der Waals surface area contributed by atoms with E-state index in [1.807, 2.05) is 0 Å². The van der Waals surface area contributed by atoms with Gasteiger partial charge in [-0.05, 0) is 30.3 Å². The Hall–Kier alpha value is -2.69. The highest BCUT2D eigenvalue weighted by atomic mass is 19.1. The van der Waals surface area contributed by atoms with Gasteiger partial charge in [-0.3, -0.25) is 4.98 Å². The molecule has 0 radical (unpaired) electrons. The average Bonchev–Trinajstić information content (AvgIpc) is 2.84. The van der Waals surface area contributed by atoms with Crippen LogP contribution in [-0.2, 0) is 0 Å². The standard InChI is InChI=1S/C14H8FNO3/c15-10-2-1-3-12-9(10)6-13(19-12)11-5-4-8(7-16-11)14(17)18/h1-7H,(H,17,18). The van der Waals surface area contributed by atoms with Crippen LogP contribution >= 0.6 is 0 Å². The molecule has 3 rings (SSSR count). The zero-order valence-corrected chi connectivity index (χ0v) is 9.63. The summed E-state index contributed by atoms with van der Waals surface area (Å²) in [6.45, 7) is 0. The van der Waals surface area contributed by atoms with Gasteiger partial charge in [0.25, 0.3) is 0 Å². The lowest BCUT2D eigenvalue weighted by atomic mass is 10.2. The number of fused-ring (bicyclic) bond motifs is 1. The van der Waals surface area contributed by atoms with Gasteiger partial charge < -0.3 is 9.52 Å². The van der Waals surface area contributed by atoms with Gasteiger partial charge in [0.2, 0.25) is 0 Å². The topological polar surface area (TPSA) is 63.3 Å². The molecular formula is C14H8FNO3. The fraction of sp³-hybridized carbons (Fsp3) is 0. The molecule has 0 amide bonds. The summed E-state index contributed by atoms with van der Waals surface area (Å²) >= 11 is 0. The van der Waals surface area contributed by atoms with Crippen LogP contribution in [-0.4, -0.2) is 16.1 Å². The molecule has 2 aromatic heterocycles. The van der Waals surface area contributed by atoms with Crippen LogP contribution in [0.5, 0.6) is 0 Å². The molecule has 0 bridgehead atoms. The molecule has 0 saturated carbocycles. The van der Waals surface area contributed by atoms with E-state index in [9.17, 15) is 9.18 Å². The fourth-order valence-corrected chi connectivity index (χ4v) is 1.82. The Labute approximate surface area is 107 Å². The minimum atomic E-state index is -1.05. The number of carboxylic acids is 1. The van der Waals surface area contributed by atoms with E-state index >= 15 is 0 Å². The highest BCUT2D eigenvalue weighted by molar-refractivity contribution is 5.88. The predicted octanol–water partition coefficient (Wildman–Crippen LogP) is 3.33. The maximum atomic E-state index is 13.5. The summed E-state index contributed by atoms with van der Waals surface area (Å²) < 4.78 is 19.0. The molecule has 5 heteroatoms. The maximum Gasteiger partial charge on any atom is 0.337 e. The third-order valence-corrected chi connectivity index (χ3v) is 2.77. The van der Waals surface area contributed by atoms with E-state index in [2.05, 4.69) is 4.98 Å². The molecule has 2 heterocycles. The SMILES string of the molecule is O=C(O)c1ccc(-c2cc3c(F)cccc3o2)nc1. The van der Waals surface area contributed by atoms with Crippen LogP contribution in [0.15, 0.2) is 47.0 Å². The maximum absolute atomic E-state index is 13.5. The third-order valence-electron chi connectivity index (χ3n) is 2.77. The second kappa shape index (κ2) is 4.20. The van der Waals surface area contributed by atoms with Crippen LogP contribution in [0.3, 0.4) is 0 Å². The van der Waals surface area contributed by atoms with Gasteiger partial charge in [-0.15, -0.1) is 0 Å². The van der Waals surface area contributed by atoms with Crippen molar-refractivity contribution in [1.82, 2.24) is 4.98 Å². The van der Waals surface area contributed by atoms with Gasteiger partial charge in [-0.25, -0.2) is 9.18 Å². The van der Waals surface area contributed by atoms with E-state index in [0.29, 0.717) is 22.4 Å². The van der Waals surface area contributed by atoms with Crippen LogP contribution < -0.4 is 0 Å². The molecule has 0 aliphatic heterocycles. The molecule has 0 aliphatic carbocycles.